The van der Waals surface area contributed by atoms with Crippen molar-refractivity contribution in [1.82, 2.24) is 0 Å². The van der Waals surface area contributed by atoms with Crippen molar-refractivity contribution in [2.24, 2.45) is 4.99 Å². The summed E-state index contributed by atoms with van der Waals surface area (Å²) in [6, 6.07) is 19.1. The molecule has 0 amide bonds. The van der Waals surface area contributed by atoms with Crippen LogP contribution in [0.3, 0.4) is 0 Å². The van der Waals surface area contributed by atoms with Gasteiger partial charge in [0.1, 0.15) is 5.75 Å². The molecule has 0 saturated heterocycles. The van der Waals surface area contributed by atoms with Crippen LogP contribution in [0.15, 0.2) is 70.6 Å². The third-order valence-corrected chi connectivity index (χ3v) is 8.22. The van der Waals surface area contributed by atoms with Crippen molar-refractivity contribution >= 4 is 43.3 Å². The van der Waals surface area contributed by atoms with Crippen LogP contribution in [0.2, 0.25) is 0 Å². The quantitative estimate of drug-likeness (QED) is 0.612. The molecule has 2 aliphatic rings. The van der Waals surface area contributed by atoms with Gasteiger partial charge in [0.15, 0.2) is 0 Å². The van der Waals surface area contributed by atoms with Crippen molar-refractivity contribution < 1.29 is 13.2 Å². The van der Waals surface area contributed by atoms with Crippen LogP contribution in [0.25, 0.3) is 10.8 Å². The smallest absolute Gasteiger partial charge is 0.265 e. The van der Waals surface area contributed by atoms with Crippen molar-refractivity contribution in [2.75, 3.05) is 24.0 Å². The molecule has 5 rings (SSSR count). The zero-order chi connectivity index (χ0) is 20.0. The van der Waals surface area contributed by atoms with Crippen LogP contribution in [-0.2, 0) is 10.0 Å². The number of ether oxygens (including phenoxy) is 1. The lowest BCUT2D eigenvalue weighted by Gasteiger charge is -2.21. The summed E-state index contributed by atoms with van der Waals surface area (Å²) >= 11 is 1.64. The molecule has 0 spiro atoms. The predicted molar refractivity (Wildman–Crippen MR) is 119 cm³/mol. The van der Waals surface area contributed by atoms with Crippen molar-refractivity contribution in [3.05, 3.63) is 66.2 Å². The summed E-state index contributed by atoms with van der Waals surface area (Å²) in [5, 5.41) is 2.81. The van der Waals surface area contributed by atoms with E-state index >= 15 is 0 Å². The van der Waals surface area contributed by atoms with E-state index in [4.69, 9.17) is 4.74 Å². The van der Waals surface area contributed by atoms with Crippen LogP contribution in [0.5, 0.6) is 5.75 Å². The van der Waals surface area contributed by atoms with E-state index in [0.29, 0.717) is 24.6 Å². The van der Waals surface area contributed by atoms with Crippen LogP contribution < -0.4 is 9.04 Å². The van der Waals surface area contributed by atoms with E-state index in [1.165, 1.54) is 0 Å². The van der Waals surface area contributed by atoms with Gasteiger partial charge in [-0.05, 0) is 48.7 Å². The third-order valence-electron chi connectivity index (χ3n) is 5.18. The molecule has 2 aliphatic heterocycles. The number of hydrogen-bond donors (Lipinski definition) is 0. The van der Waals surface area contributed by atoms with Gasteiger partial charge in [0.25, 0.3) is 10.0 Å². The molecule has 0 aromatic heterocycles. The van der Waals surface area contributed by atoms with Gasteiger partial charge >= 0.3 is 0 Å². The summed E-state index contributed by atoms with van der Waals surface area (Å²) in [4.78, 5) is 5.07. The Kier molecular flexibility index (Phi) is 4.52. The molecule has 29 heavy (non-hydrogen) atoms. The van der Waals surface area contributed by atoms with Crippen LogP contribution >= 0.6 is 11.8 Å². The topological polar surface area (TPSA) is 59.0 Å². The van der Waals surface area contributed by atoms with Gasteiger partial charge in [-0.1, -0.05) is 36.0 Å². The molecule has 3 aromatic rings. The Balaban J connectivity index is 1.37. The van der Waals surface area contributed by atoms with Gasteiger partial charge in [-0.2, -0.15) is 0 Å². The zero-order valence-electron chi connectivity index (χ0n) is 15.9. The summed E-state index contributed by atoms with van der Waals surface area (Å²) in [5.74, 6) is 0.838. The van der Waals surface area contributed by atoms with E-state index in [1.807, 2.05) is 55.5 Å². The molecule has 0 aliphatic carbocycles. The minimum atomic E-state index is -3.53. The number of aliphatic imine (C=N–C) groups is 1. The number of nitrogens with zero attached hydrogens (tertiary/aromatic N) is 2. The average Bonchev–Trinajstić information content (AvgIpc) is 3.28. The van der Waals surface area contributed by atoms with Crippen LogP contribution in [0, 0.1) is 0 Å². The molecule has 148 valence electrons. The minimum Gasteiger partial charge on any atom is -0.494 e. The Morgan fingerprint density at radius 1 is 1.10 bits per heavy atom. The highest BCUT2D eigenvalue weighted by molar-refractivity contribution is 8.15. The number of hydrogen-bond acceptors (Lipinski definition) is 5. The number of rotatable bonds is 5. The molecule has 3 aromatic carbocycles. The number of anilines is 1. The Bertz CT molecular complexity index is 1220. The highest BCUT2D eigenvalue weighted by Crippen LogP contribution is 2.43. The second kappa shape index (κ2) is 7.07. The van der Waals surface area contributed by atoms with Gasteiger partial charge in [0, 0.05) is 22.7 Å². The summed E-state index contributed by atoms with van der Waals surface area (Å²) in [5.41, 5.74) is 1.81. The monoisotopic (exact) mass is 424 g/mol. The third kappa shape index (κ3) is 3.09. The van der Waals surface area contributed by atoms with E-state index in [2.05, 4.69) is 4.99 Å². The SMILES string of the molecule is CCOc1ccc(C2=NCC(CN3c4cccc5cccc(c45)S3(=O)=O)S2)cc1. The standard InChI is InChI=1S/C22H20N2O3S2/c1-2-27-17-11-9-16(10-12-17)22-23-13-18(28-22)14-24-19-7-3-5-15-6-4-8-20(21(15)19)29(24,25)26/h3-12,18H,2,13-14H2,1H3. The van der Waals surface area contributed by atoms with Gasteiger partial charge in [0.2, 0.25) is 0 Å². The highest BCUT2D eigenvalue weighted by atomic mass is 32.2. The summed E-state index contributed by atoms with van der Waals surface area (Å²) in [6.07, 6.45) is 0. The Labute approximate surface area is 174 Å². The van der Waals surface area contributed by atoms with Crippen molar-refractivity contribution in [2.45, 2.75) is 17.1 Å². The van der Waals surface area contributed by atoms with Gasteiger partial charge in [-0.15, -0.1) is 0 Å². The van der Waals surface area contributed by atoms with Crippen molar-refractivity contribution in [1.29, 1.82) is 0 Å². The fraction of sp³-hybridized carbons (Fsp3) is 0.227. The molecule has 0 radical (unpaired) electrons. The number of thioether (sulfide) groups is 1. The Morgan fingerprint density at radius 3 is 2.62 bits per heavy atom. The molecule has 0 saturated carbocycles. The molecular formula is C22H20N2O3S2. The van der Waals surface area contributed by atoms with Gasteiger partial charge in [-0.25, -0.2) is 8.42 Å². The first-order valence-corrected chi connectivity index (χ1v) is 11.9. The van der Waals surface area contributed by atoms with Crippen molar-refractivity contribution in [3.8, 4) is 5.75 Å². The Hall–Kier alpha value is -2.51. The number of benzene rings is 3. The second-order valence-corrected chi connectivity index (χ2v) is 10.1. The lowest BCUT2D eigenvalue weighted by atomic mass is 10.1. The Morgan fingerprint density at radius 2 is 1.86 bits per heavy atom. The fourth-order valence-corrected chi connectivity index (χ4v) is 6.83. The maximum absolute atomic E-state index is 13.2. The summed E-state index contributed by atoms with van der Waals surface area (Å²) < 4.78 is 33.4. The first-order valence-electron chi connectivity index (χ1n) is 9.57. The zero-order valence-corrected chi connectivity index (χ0v) is 17.5. The molecule has 2 heterocycles. The van der Waals surface area contributed by atoms with Crippen LogP contribution in [-0.4, -0.2) is 38.4 Å². The highest BCUT2D eigenvalue weighted by Gasteiger charge is 2.37. The molecule has 0 bridgehead atoms. The van der Waals surface area contributed by atoms with E-state index < -0.39 is 10.0 Å². The van der Waals surface area contributed by atoms with E-state index in [-0.39, 0.29) is 5.25 Å². The molecule has 5 nitrogen and oxygen atoms in total. The van der Waals surface area contributed by atoms with Gasteiger partial charge in [0.05, 0.1) is 28.8 Å². The van der Waals surface area contributed by atoms with Crippen molar-refractivity contribution in [3.63, 3.8) is 0 Å². The summed E-state index contributed by atoms with van der Waals surface area (Å²) in [7, 11) is -3.53. The first-order chi connectivity index (χ1) is 14.1. The molecule has 0 fully saturated rings. The number of sulfonamides is 1. The second-order valence-electron chi connectivity index (χ2n) is 7.01. The van der Waals surface area contributed by atoms with Crippen LogP contribution in [0.4, 0.5) is 5.69 Å². The first kappa shape index (κ1) is 18.5. The minimum absolute atomic E-state index is 0.0795. The van der Waals surface area contributed by atoms with E-state index in [1.54, 1.807) is 28.2 Å². The van der Waals surface area contributed by atoms with E-state index in [9.17, 15) is 8.42 Å². The molecule has 1 atom stereocenters. The van der Waals surface area contributed by atoms with E-state index in [0.717, 1.165) is 32.8 Å². The fourth-order valence-electron chi connectivity index (χ4n) is 3.87. The van der Waals surface area contributed by atoms with Gasteiger partial charge in [-0.3, -0.25) is 9.30 Å². The average molecular weight is 425 g/mol. The van der Waals surface area contributed by atoms with Gasteiger partial charge < -0.3 is 4.74 Å². The normalized spacial score (nSPS) is 19.6. The largest absolute Gasteiger partial charge is 0.494 e. The maximum Gasteiger partial charge on any atom is 0.265 e. The summed E-state index contributed by atoms with van der Waals surface area (Å²) in [6.45, 7) is 3.60. The lowest BCUT2D eigenvalue weighted by molar-refractivity contribution is 0.340. The predicted octanol–water partition coefficient (Wildman–Crippen LogP) is 4.31. The molecular weight excluding hydrogens is 404 g/mol. The maximum atomic E-state index is 13.2. The van der Waals surface area contributed by atoms with Crippen LogP contribution in [0.1, 0.15) is 12.5 Å². The lowest BCUT2D eigenvalue weighted by Crippen LogP contribution is -2.34. The molecule has 7 heteroatoms. The molecule has 0 N–H and O–H groups in total. The molecule has 1 unspecified atom stereocenters.